The molecule has 1 unspecified atom stereocenters. The molecular formula is C8H8BrClN2. The summed E-state index contributed by atoms with van der Waals surface area (Å²) in [6.45, 7) is 3.59. The van der Waals surface area contributed by atoms with E-state index in [1.54, 1.807) is 18.3 Å². The molecule has 64 valence electrons. The molecule has 0 amide bonds. The standard InChI is InChI=1S/C8H8BrClN2/c1-2-7(11)6-3-5(10)4-12-8(6)9/h2-4,7H,1,11H2. The summed E-state index contributed by atoms with van der Waals surface area (Å²) in [5.41, 5.74) is 6.56. The summed E-state index contributed by atoms with van der Waals surface area (Å²) in [4.78, 5) is 4.00. The maximum atomic E-state index is 5.74. The third-order valence-corrected chi connectivity index (χ3v) is 2.32. The van der Waals surface area contributed by atoms with Crippen LogP contribution in [0.15, 0.2) is 29.5 Å². The first kappa shape index (κ1) is 9.71. The Bertz CT molecular complexity index is 301. The van der Waals surface area contributed by atoms with Crippen LogP contribution in [0.1, 0.15) is 11.6 Å². The molecule has 0 spiro atoms. The molecule has 4 heteroatoms. The second kappa shape index (κ2) is 4.03. The lowest BCUT2D eigenvalue weighted by atomic mass is 10.1. The maximum absolute atomic E-state index is 5.74. The van der Waals surface area contributed by atoms with Crippen molar-refractivity contribution in [3.63, 3.8) is 0 Å². The summed E-state index contributed by atoms with van der Waals surface area (Å²) >= 11 is 9.02. The highest BCUT2D eigenvalue weighted by Crippen LogP contribution is 2.23. The molecule has 12 heavy (non-hydrogen) atoms. The molecule has 1 rings (SSSR count). The van der Waals surface area contributed by atoms with E-state index >= 15 is 0 Å². The molecule has 0 bridgehead atoms. The van der Waals surface area contributed by atoms with Crippen molar-refractivity contribution >= 4 is 27.5 Å². The number of halogens is 2. The second-order valence-corrected chi connectivity index (χ2v) is 3.48. The number of hydrogen-bond donors (Lipinski definition) is 1. The summed E-state index contributed by atoms with van der Waals surface area (Å²) in [5, 5.41) is 0.575. The topological polar surface area (TPSA) is 38.9 Å². The molecule has 0 radical (unpaired) electrons. The van der Waals surface area contributed by atoms with Crippen molar-refractivity contribution in [1.82, 2.24) is 4.98 Å². The number of nitrogens with two attached hydrogens (primary N) is 1. The lowest BCUT2D eigenvalue weighted by Gasteiger charge is -2.07. The summed E-state index contributed by atoms with van der Waals surface area (Å²) in [6, 6.07) is 1.54. The van der Waals surface area contributed by atoms with Crippen LogP contribution >= 0.6 is 27.5 Å². The van der Waals surface area contributed by atoms with E-state index in [2.05, 4.69) is 27.5 Å². The van der Waals surface area contributed by atoms with Crippen LogP contribution in [0.4, 0.5) is 0 Å². The molecule has 0 aliphatic rings. The van der Waals surface area contributed by atoms with E-state index in [1.807, 2.05) is 0 Å². The van der Waals surface area contributed by atoms with Crippen molar-refractivity contribution in [2.75, 3.05) is 0 Å². The Morgan fingerprint density at radius 2 is 2.42 bits per heavy atom. The molecule has 0 aromatic carbocycles. The van der Waals surface area contributed by atoms with Crippen LogP contribution < -0.4 is 5.73 Å². The number of pyridine rings is 1. The van der Waals surface area contributed by atoms with Gasteiger partial charge in [-0.25, -0.2) is 4.98 Å². The van der Waals surface area contributed by atoms with Gasteiger partial charge in [0.25, 0.3) is 0 Å². The SMILES string of the molecule is C=CC(N)c1cc(Cl)cnc1Br. The van der Waals surface area contributed by atoms with Crippen LogP contribution in [0, 0.1) is 0 Å². The molecule has 1 aromatic rings. The molecule has 1 heterocycles. The predicted molar refractivity (Wildman–Crippen MR) is 54.1 cm³/mol. The Hall–Kier alpha value is -0.380. The fraction of sp³-hybridized carbons (Fsp3) is 0.125. The Morgan fingerprint density at radius 1 is 1.75 bits per heavy atom. The molecule has 0 aliphatic carbocycles. The van der Waals surface area contributed by atoms with Crippen LogP contribution in [0.25, 0.3) is 0 Å². The highest BCUT2D eigenvalue weighted by Gasteiger charge is 2.07. The second-order valence-electron chi connectivity index (χ2n) is 2.30. The van der Waals surface area contributed by atoms with Gasteiger partial charge in [-0.3, -0.25) is 0 Å². The smallest absolute Gasteiger partial charge is 0.111 e. The van der Waals surface area contributed by atoms with E-state index in [9.17, 15) is 0 Å². The minimum absolute atomic E-state index is 0.231. The Balaban J connectivity index is 3.12. The van der Waals surface area contributed by atoms with E-state index in [0.717, 1.165) is 5.56 Å². The van der Waals surface area contributed by atoms with E-state index in [-0.39, 0.29) is 6.04 Å². The van der Waals surface area contributed by atoms with Crippen LogP contribution in [0.5, 0.6) is 0 Å². The number of hydrogen-bond acceptors (Lipinski definition) is 2. The van der Waals surface area contributed by atoms with Crippen molar-refractivity contribution < 1.29 is 0 Å². The van der Waals surface area contributed by atoms with Gasteiger partial charge in [0.05, 0.1) is 11.1 Å². The van der Waals surface area contributed by atoms with Gasteiger partial charge in [0.2, 0.25) is 0 Å². The first-order chi connectivity index (χ1) is 5.65. The molecule has 2 N–H and O–H groups in total. The Labute approximate surface area is 84.6 Å². The van der Waals surface area contributed by atoms with Gasteiger partial charge in [-0.15, -0.1) is 6.58 Å². The van der Waals surface area contributed by atoms with Crippen molar-refractivity contribution in [2.45, 2.75) is 6.04 Å². The highest BCUT2D eigenvalue weighted by atomic mass is 79.9. The number of nitrogens with zero attached hydrogens (tertiary/aromatic N) is 1. The Kier molecular flexibility index (Phi) is 3.26. The van der Waals surface area contributed by atoms with Gasteiger partial charge < -0.3 is 5.73 Å². The van der Waals surface area contributed by atoms with Crippen molar-refractivity contribution in [3.05, 3.63) is 40.1 Å². The van der Waals surface area contributed by atoms with Gasteiger partial charge >= 0.3 is 0 Å². The van der Waals surface area contributed by atoms with Gasteiger partial charge in [-0.05, 0) is 22.0 Å². The largest absolute Gasteiger partial charge is 0.321 e. The summed E-state index contributed by atoms with van der Waals surface area (Å²) in [7, 11) is 0. The fourth-order valence-electron chi connectivity index (χ4n) is 0.799. The summed E-state index contributed by atoms with van der Waals surface area (Å²) in [6.07, 6.45) is 3.20. The van der Waals surface area contributed by atoms with Gasteiger partial charge in [-0.2, -0.15) is 0 Å². The molecule has 2 nitrogen and oxygen atoms in total. The summed E-state index contributed by atoms with van der Waals surface area (Å²) in [5.74, 6) is 0. The molecule has 0 saturated carbocycles. The third-order valence-electron chi connectivity index (χ3n) is 1.45. The van der Waals surface area contributed by atoms with Crippen LogP contribution in [0.3, 0.4) is 0 Å². The minimum atomic E-state index is -0.231. The van der Waals surface area contributed by atoms with Gasteiger partial charge in [0.15, 0.2) is 0 Å². The zero-order chi connectivity index (χ0) is 9.14. The molecule has 1 aromatic heterocycles. The normalized spacial score (nSPS) is 12.6. The van der Waals surface area contributed by atoms with E-state index in [0.29, 0.717) is 9.63 Å². The van der Waals surface area contributed by atoms with E-state index in [1.165, 1.54) is 0 Å². The van der Waals surface area contributed by atoms with E-state index in [4.69, 9.17) is 17.3 Å². The average Bonchev–Trinajstić information content (AvgIpc) is 2.08. The average molecular weight is 248 g/mol. The molecule has 0 saturated heterocycles. The quantitative estimate of drug-likeness (QED) is 0.645. The first-order valence-corrected chi connectivity index (χ1v) is 4.51. The zero-order valence-electron chi connectivity index (χ0n) is 6.30. The molecule has 1 atom stereocenters. The van der Waals surface area contributed by atoms with Gasteiger partial charge in [0, 0.05) is 11.8 Å². The lowest BCUT2D eigenvalue weighted by molar-refractivity contribution is 0.893. The maximum Gasteiger partial charge on any atom is 0.111 e. The van der Waals surface area contributed by atoms with Crippen molar-refractivity contribution in [3.8, 4) is 0 Å². The highest BCUT2D eigenvalue weighted by molar-refractivity contribution is 9.10. The molecule has 0 fully saturated rings. The van der Waals surface area contributed by atoms with Crippen LogP contribution in [-0.2, 0) is 0 Å². The monoisotopic (exact) mass is 246 g/mol. The van der Waals surface area contributed by atoms with E-state index < -0.39 is 0 Å². The van der Waals surface area contributed by atoms with Gasteiger partial charge in [-0.1, -0.05) is 17.7 Å². The molecular weight excluding hydrogens is 239 g/mol. The van der Waals surface area contributed by atoms with Gasteiger partial charge in [0.1, 0.15) is 4.60 Å². The molecule has 0 aliphatic heterocycles. The predicted octanol–water partition coefficient (Wildman–Crippen LogP) is 2.68. The number of aromatic nitrogens is 1. The number of rotatable bonds is 2. The van der Waals surface area contributed by atoms with Crippen molar-refractivity contribution in [2.24, 2.45) is 5.73 Å². The zero-order valence-corrected chi connectivity index (χ0v) is 8.64. The lowest BCUT2D eigenvalue weighted by Crippen LogP contribution is -2.07. The Morgan fingerprint density at radius 3 is 3.00 bits per heavy atom. The minimum Gasteiger partial charge on any atom is -0.321 e. The summed E-state index contributed by atoms with van der Waals surface area (Å²) < 4.78 is 0.708. The van der Waals surface area contributed by atoms with Crippen molar-refractivity contribution in [1.29, 1.82) is 0 Å². The fourth-order valence-corrected chi connectivity index (χ4v) is 1.45. The van der Waals surface area contributed by atoms with Crippen LogP contribution in [-0.4, -0.2) is 4.98 Å². The first-order valence-electron chi connectivity index (χ1n) is 3.34. The van der Waals surface area contributed by atoms with Crippen LogP contribution in [0.2, 0.25) is 5.02 Å². The third kappa shape index (κ3) is 2.06.